The summed E-state index contributed by atoms with van der Waals surface area (Å²) in [7, 11) is 0. The highest BCUT2D eigenvalue weighted by atomic mass is 35.5. The highest BCUT2D eigenvalue weighted by Crippen LogP contribution is 2.47. The van der Waals surface area contributed by atoms with Crippen LogP contribution in [0.5, 0.6) is 5.75 Å². The van der Waals surface area contributed by atoms with E-state index in [0.29, 0.717) is 30.5 Å². The number of amides is 2. The third-order valence-corrected chi connectivity index (χ3v) is 6.41. The number of carbonyl (C=O) groups excluding carboxylic acids is 2. The number of carbonyl (C=O) groups is 2. The van der Waals surface area contributed by atoms with Gasteiger partial charge in [-0.1, -0.05) is 0 Å². The fourth-order valence-electron chi connectivity index (χ4n) is 5.07. The van der Waals surface area contributed by atoms with Gasteiger partial charge in [0.05, 0.1) is 5.92 Å². The highest BCUT2D eigenvalue weighted by Gasteiger charge is 2.49. The van der Waals surface area contributed by atoms with Crippen molar-refractivity contribution in [1.29, 1.82) is 0 Å². The minimum Gasteiger partial charge on any atom is -0.435 e. The molecule has 3 N–H and O–H groups in total. The van der Waals surface area contributed by atoms with Gasteiger partial charge in [-0.2, -0.15) is 8.78 Å². The number of rotatable bonds is 5. The molecule has 3 fully saturated rings. The van der Waals surface area contributed by atoms with Crippen molar-refractivity contribution < 1.29 is 23.1 Å². The Morgan fingerprint density at radius 3 is 2.48 bits per heavy atom. The molecule has 3 aliphatic rings. The smallest absolute Gasteiger partial charge is 0.387 e. The number of anilines is 1. The number of hydrogen-bond acceptors (Lipinski definition) is 4. The Morgan fingerprint density at radius 1 is 1.17 bits per heavy atom. The van der Waals surface area contributed by atoms with Crippen LogP contribution in [-0.4, -0.2) is 37.1 Å². The Bertz CT molecular complexity index is 747. The van der Waals surface area contributed by atoms with E-state index in [9.17, 15) is 18.4 Å². The van der Waals surface area contributed by atoms with E-state index >= 15 is 0 Å². The number of piperidine rings is 1. The lowest BCUT2D eigenvalue weighted by Crippen LogP contribution is -2.55. The molecular weight excluding hydrogens is 404 g/mol. The zero-order valence-electron chi connectivity index (χ0n) is 15.9. The first kappa shape index (κ1) is 21.8. The Balaban J connectivity index is 0.00000240. The van der Waals surface area contributed by atoms with E-state index in [0.717, 1.165) is 25.7 Å². The van der Waals surface area contributed by atoms with Crippen LogP contribution in [0.4, 0.5) is 14.5 Å². The molecule has 1 aromatic rings. The summed E-state index contributed by atoms with van der Waals surface area (Å²) >= 11 is 0. The van der Waals surface area contributed by atoms with Gasteiger partial charge in [0.15, 0.2) is 0 Å². The SMILES string of the molecule is Cl.NC1C2CCC(C2)C1C(=O)NC1CCCN(c2ccc(OC(F)F)cc2)C1=O. The summed E-state index contributed by atoms with van der Waals surface area (Å²) in [5.41, 5.74) is 6.85. The van der Waals surface area contributed by atoms with Crippen LogP contribution < -0.4 is 20.7 Å². The molecule has 0 aromatic heterocycles. The third-order valence-electron chi connectivity index (χ3n) is 6.41. The summed E-state index contributed by atoms with van der Waals surface area (Å²) in [5, 5.41) is 2.93. The van der Waals surface area contributed by atoms with E-state index < -0.39 is 12.7 Å². The first-order valence-corrected chi connectivity index (χ1v) is 9.86. The molecule has 29 heavy (non-hydrogen) atoms. The quantitative estimate of drug-likeness (QED) is 0.753. The van der Waals surface area contributed by atoms with Crippen LogP contribution in [0.25, 0.3) is 0 Å². The normalized spacial score (nSPS) is 31.0. The third kappa shape index (κ3) is 4.33. The number of nitrogens with one attached hydrogen (secondary N) is 1. The van der Waals surface area contributed by atoms with Gasteiger partial charge in [-0.15, -0.1) is 12.4 Å². The number of nitrogens with zero attached hydrogens (tertiary/aromatic N) is 1. The molecule has 2 bridgehead atoms. The second kappa shape index (κ2) is 8.83. The van der Waals surface area contributed by atoms with Crippen molar-refractivity contribution in [3.05, 3.63) is 24.3 Å². The summed E-state index contributed by atoms with van der Waals surface area (Å²) in [4.78, 5) is 27.3. The summed E-state index contributed by atoms with van der Waals surface area (Å²) in [6.07, 6.45) is 4.47. The standard InChI is InChI=1S/C20H25F2N3O3.ClH/c21-20(22)28-14-7-5-13(6-8-14)25-9-1-2-15(19(25)27)24-18(26)16-11-3-4-12(10-11)17(16)23;/h5-8,11-12,15-17,20H,1-4,9-10,23H2,(H,24,26);1H. The monoisotopic (exact) mass is 429 g/mol. The number of hydrogen-bond donors (Lipinski definition) is 2. The maximum atomic E-state index is 12.9. The number of nitrogens with two attached hydrogens (primary N) is 1. The molecule has 2 saturated carbocycles. The van der Waals surface area contributed by atoms with Gasteiger partial charge in [-0.25, -0.2) is 0 Å². The second-order valence-electron chi connectivity index (χ2n) is 8.00. The van der Waals surface area contributed by atoms with E-state index in [1.54, 1.807) is 17.0 Å². The van der Waals surface area contributed by atoms with E-state index in [1.807, 2.05) is 0 Å². The summed E-state index contributed by atoms with van der Waals surface area (Å²) in [6.45, 7) is -2.37. The van der Waals surface area contributed by atoms with Gasteiger partial charge >= 0.3 is 6.61 Å². The highest BCUT2D eigenvalue weighted by molar-refractivity contribution is 6.00. The molecular formula is C20H26ClF2N3O3. The van der Waals surface area contributed by atoms with Crippen molar-refractivity contribution in [3.63, 3.8) is 0 Å². The largest absolute Gasteiger partial charge is 0.435 e. The number of benzene rings is 1. The average Bonchev–Trinajstić information content (AvgIpc) is 3.25. The van der Waals surface area contributed by atoms with Crippen LogP contribution in [0, 0.1) is 17.8 Å². The Kier molecular flexibility index (Phi) is 6.63. The van der Waals surface area contributed by atoms with Crippen LogP contribution in [0.2, 0.25) is 0 Å². The fraction of sp³-hybridized carbons (Fsp3) is 0.600. The minimum atomic E-state index is -2.89. The van der Waals surface area contributed by atoms with Gasteiger partial charge in [-0.05, 0) is 68.2 Å². The summed E-state index contributed by atoms with van der Waals surface area (Å²) < 4.78 is 28.9. The fourth-order valence-corrected chi connectivity index (χ4v) is 5.07. The van der Waals surface area contributed by atoms with Crippen molar-refractivity contribution >= 4 is 29.9 Å². The van der Waals surface area contributed by atoms with Crippen LogP contribution in [0.3, 0.4) is 0 Å². The predicted molar refractivity (Wildman–Crippen MR) is 106 cm³/mol. The molecule has 1 heterocycles. The lowest BCUT2D eigenvalue weighted by Gasteiger charge is -2.34. The number of alkyl halides is 2. The molecule has 1 aliphatic heterocycles. The van der Waals surface area contributed by atoms with Crippen molar-refractivity contribution in [1.82, 2.24) is 5.32 Å². The maximum absolute atomic E-state index is 12.9. The maximum Gasteiger partial charge on any atom is 0.387 e. The molecule has 160 valence electrons. The first-order chi connectivity index (χ1) is 13.4. The number of fused-ring (bicyclic) bond motifs is 2. The van der Waals surface area contributed by atoms with Crippen LogP contribution in [-0.2, 0) is 9.59 Å². The van der Waals surface area contributed by atoms with Crippen LogP contribution in [0.1, 0.15) is 32.1 Å². The topological polar surface area (TPSA) is 84.7 Å². The summed E-state index contributed by atoms with van der Waals surface area (Å²) in [5.74, 6) is 0.302. The van der Waals surface area contributed by atoms with E-state index in [2.05, 4.69) is 10.1 Å². The van der Waals surface area contributed by atoms with Gasteiger partial charge in [0.2, 0.25) is 11.8 Å². The van der Waals surface area contributed by atoms with Gasteiger partial charge < -0.3 is 20.7 Å². The second-order valence-corrected chi connectivity index (χ2v) is 8.00. The van der Waals surface area contributed by atoms with Crippen LogP contribution >= 0.6 is 12.4 Å². The van der Waals surface area contributed by atoms with Crippen molar-refractivity contribution in [3.8, 4) is 5.75 Å². The Hall–Kier alpha value is -1.93. The lowest BCUT2D eigenvalue weighted by atomic mass is 9.84. The molecule has 0 radical (unpaired) electrons. The van der Waals surface area contributed by atoms with Gasteiger partial charge in [0, 0.05) is 18.3 Å². The minimum absolute atomic E-state index is 0. The number of halogens is 3. The van der Waals surface area contributed by atoms with Gasteiger partial charge in [0.1, 0.15) is 11.8 Å². The summed E-state index contributed by atoms with van der Waals surface area (Å²) in [6, 6.07) is 5.27. The van der Waals surface area contributed by atoms with Gasteiger partial charge in [0.25, 0.3) is 0 Å². The van der Waals surface area contributed by atoms with Crippen LogP contribution in [0.15, 0.2) is 24.3 Å². The Labute approximate surface area is 174 Å². The predicted octanol–water partition coefficient (Wildman–Crippen LogP) is 2.69. The molecule has 4 rings (SSSR count). The zero-order valence-corrected chi connectivity index (χ0v) is 16.7. The molecule has 5 atom stereocenters. The van der Waals surface area contributed by atoms with Crippen molar-refractivity contribution in [2.24, 2.45) is 23.5 Å². The lowest BCUT2D eigenvalue weighted by molar-refractivity contribution is -0.132. The van der Waals surface area contributed by atoms with Crippen molar-refractivity contribution in [2.75, 3.05) is 11.4 Å². The molecule has 2 amide bonds. The van der Waals surface area contributed by atoms with Gasteiger partial charge in [-0.3, -0.25) is 9.59 Å². The molecule has 1 aromatic carbocycles. The molecule has 0 spiro atoms. The molecule has 2 aliphatic carbocycles. The first-order valence-electron chi connectivity index (χ1n) is 9.86. The van der Waals surface area contributed by atoms with E-state index in [4.69, 9.17) is 5.73 Å². The van der Waals surface area contributed by atoms with Crippen molar-refractivity contribution in [2.45, 2.75) is 50.8 Å². The zero-order chi connectivity index (χ0) is 19.8. The van der Waals surface area contributed by atoms with E-state index in [-0.39, 0.29) is 41.9 Å². The average molecular weight is 430 g/mol. The molecule has 9 heteroatoms. The molecule has 1 saturated heterocycles. The molecule has 5 unspecified atom stereocenters. The Morgan fingerprint density at radius 2 is 1.86 bits per heavy atom. The molecule has 6 nitrogen and oxygen atoms in total. The van der Waals surface area contributed by atoms with E-state index in [1.165, 1.54) is 12.1 Å². The number of ether oxygens (including phenoxy) is 1.